The Kier molecular flexibility index (Phi) is 5.19. The van der Waals surface area contributed by atoms with Crippen molar-refractivity contribution < 1.29 is 14.2 Å². The third kappa shape index (κ3) is 3.99. The van der Waals surface area contributed by atoms with Gasteiger partial charge in [0.1, 0.15) is 5.75 Å². The molecule has 4 heterocycles. The molecule has 0 unspecified atom stereocenters. The molecule has 0 spiro atoms. The van der Waals surface area contributed by atoms with E-state index in [1.807, 2.05) is 38.1 Å². The van der Waals surface area contributed by atoms with Crippen LogP contribution in [-0.2, 0) is 0 Å². The van der Waals surface area contributed by atoms with Gasteiger partial charge < -0.3 is 19.1 Å². The van der Waals surface area contributed by atoms with Crippen LogP contribution in [0.15, 0.2) is 35.1 Å². The van der Waals surface area contributed by atoms with E-state index in [2.05, 4.69) is 22.8 Å². The summed E-state index contributed by atoms with van der Waals surface area (Å²) in [4.78, 5) is 19.0. The number of nitrogens with zero attached hydrogens (tertiary/aromatic N) is 4. The topological polar surface area (TPSA) is 78.2 Å². The van der Waals surface area contributed by atoms with E-state index >= 15 is 0 Å². The van der Waals surface area contributed by atoms with E-state index in [1.54, 1.807) is 0 Å². The molecule has 2 aromatic heterocycles. The van der Waals surface area contributed by atoms with Crippen LogP contribution < -0.4 is 24.7 Å². The highest BCUT2D eigenvalue weighted by Gasteiger charge is 2.33. The Hall–Kier alpha value is -3.23. The highest BCUT2D eigenvalue weighted by atomic mass is 16.5. The first-order valence-corrected chi connectivity index (χ1v) is 11.1. The van der Waals surface area contributed by atoms with Crippen LogP contribution in [0.25, 0.3) is 5.65 Å². The number of aromatic nitrogens is 3. The SMILES string of the molecule is BC1(Oc2ccc3c(c2)OCCCO3)CCN(c2nn3c(=O)cc(C)nc3cc2C)CC1. The lowest BCUT2D eigenvalue weighted by Crippen LogP contribution is -2.49. The largest absolute Gasteiger partial charge is 0.496 e. The fourth-order valence-electron chi connectivity index (χ4n) is 4.34. The van der Waals surface area contributed by atoms with Gasteiger partial charge in [0.2, 0.25) is 0 Å². The molecule has 1 fully saturated rings. The molecule has 166 valence electrons. The first-order chi connectivity index (χ1) is 15.4. The van der Waals surface area contributed by atoms with Gasteiger partial charge in [-0.3, -0.25) is 4.79 Å². The molecule has 9 heteroatoms. The minimum Gasteiger partial charge on any atom is -0.496 e. The van der Waals surface area contributed by atoms with Gasteiger partial charge in [0.05, 0.1) is 18.7 Å². The van der Waals surface area contributed by atoms with Gasteiger partial charge in [0.15, 0.2) is 30.8 Å². The Labute approximate surface area is 187 Å². The fraction of sp³-hybridized carbons (Fsp3) is 0.435. The molecule has 0 amide bonds. The van der Waals surface area contributed by atoms with Crippen molar-refractivity contribution in [2.45, 2.75) is 38.6 Å². The van der Waals surface area contributed by atoms with E-state index in [-0.39, 0.29) is 11.1 Å². The van der Waals surface area contributed by atoms with Crippen LogP contribution in [0.2, 0.25) is 0 Å². The van der Waals surface area contributed by atoms with Crippen LogP contribution >= 0.6 is 0 Å². The van der Waals surface area contributed by atoms with Crippen LogP contribution in [0.1, 0.15) is 30.5 Å². The normalized spacial score (nSPS) is 17.8. The van der Waals surface area contributed by atoms with E-state index < -0.39 is 0 Å². The number of anilines is 1. The summed E-state index contributed by atoms with van der Waals surface area (Å²) in [5, 5.41) is 4.62. The number of benzene rings is 1. The molecule has 0 radical (unpaired) electrons. The third-order valence-corrected chi connectivity index (χ3v) is 6.15. The molecular formula is C23H27BN4O4. The molecule has 2 aliphatic rings. The van der Waals surface area contributed by atoms with Crippen LogP contribution in [0.4, 0.5) is 5.82 Å². The average molecular weight is 434 g/mol. The van der Waals surface area contributed by atoms with Crippen LogP contribution in [0.3, 0.4) is 0 Å². The van der Waals surface area contributed by atoms with Crippen molar-refractivity contribution in [3.63, 3.8) is 0 Å². The number of rotatable bonds is 3. The number of aryl methyl sites for hydroxylation is 2. The maximum Gasteiger partial charge on any atom is 0.274 e. The fourth-order valence-corrected chi connectivity index (χ4v) is 4.34. The summed E-state index contributed by atoms with van der Waals surface area (Å²) >= 11 is 0. The Balaban J connectivity index is 1.32. The van der Waals surface area contributed by atoms with Gasteiger partial charge >= 0.3 is 0 Å². The highest BCUT2D eigenvalue weighted by molar-refractivity contribution is 6.14. The molecule has 5 rings (SSSR count). The smallest absolute Gasteiger partial charge is 0.274 e. The van der Waals surface area contributed by atoms with Gasteiger partial charge in [-0.25, -0.2) is 4.98 Å². The van der Waals surface area contributed by atoms with Crippen LogP contribution in [0, 0.1) is 13.8 Å². The van der Waals surface area contributed by atoms with Gasteiger partial charge in [0, 0.05) is 37.3 Å². The maximum absolute atomic E-state index is 12.4. The minimum absolute atomic E-state index is 0.159. The van der Waals surface area contributed by atoms with Gasteiger partial charge in [0.25, 0.3) is 5.56 Å². The summed E-state index contributed by atoms with van der Waals surface area (Å²) in [6, 6.07) is 9.23. The molecule has 0 saturated carbocycles. The Bertz CT molecular complexity index is 1220. The molecule has 3 aromatic rings. The summed E-state index contributed by atoms with van der Waals surface area (Å²) in [6.07, 6.45) is 2.55. The molecule has 2 aliphatic heterocycles. The second-order valence-electron chi connectivity index (χ2n) is 8.85. The van der Waals surface area contributed by atoms with Crippen molar-refractivity contribution >= 4 is 19.3 Å². The zero-order chi connectivity index (χ0) is 22.3. The van der Waals surface area contributed by atoms with Crippen LogP contribution in [-0.4, -0.2) is 54.2 Å². The standard InChI is InChI=1S/C23H27BN4O4/c1-15-12-20-25-16(2)13-21(29)28(20)26-22(15)27-8-6-23(24,7-9-27)32-17-4-5-18-19(14-17)31-11-3-10-30-18/h4-5,12-14H,3,6-11,24H2,1-2H3. The summed E-state index contributed by atoms with van der Waals surface area (Å²) in [5.74, 6) is 3.13. The van der Waals surface area contributed by atoms with Crippen molar-refractivity contribution in [2.24, 2.45) is 0 Å². The second-order valence-corrected chi connectivity index (χ2v) is 8.85. The molecular weight excluding hydrogens is 407 g/mol. The molecule has 0 atom stereocenters. The first kappa shape index (κ1) is 20.7. The molecule has 32 heavy (non-hydrogen) atoms. The Morgan fingerprint density at radius 2 is 1.81 bits per heavy atom. The molecule has 8 nitrogen and oxygen atoms in total. The lowest BCUT2D eigenvalue weighted by Gasteiger charge is -2.40. The number of piperidine rings is 1. The average Bonchev–Trinajstić information content (AvgIpc) is 2.99. The minimum atomic E-state index is -0.295. The molecule has 1 saturated heterocycles. The molecule has 1 aromatic carbocycles. The van der Waals surface area contributed by atoms with Gasteiger partial charge in [-0.05, 0) is 50.5 Å². The van der Waals surface area contributed by atoms with Crippen molar-refractivity contribution in [1.82, 2.24) is 14.6 Å². The van der Waals surface area contributed by atoms with Crippen molar-refractivity contribution in [3.05, 3.63) is 51.9 Å². The number of hydrogen-bond acceptors (Lipinski definition) is 7. The predicted molar refractivity (Wildman–Crippen MR) is 124 cm³/mol. The van der Waals surface area contributed by atoms with E-state index in [0.717, 1.165) is 61.0 Å². The van der Waals surface area contributed by atoms with Gasteiger partial charge in [-0.1, -0.05) is 0 Å². The second kappa shape index (κ2) is 8.04. The van der Waals surface area contributed by atoms with Crippen molar-refractivity contribution in [3.8, 4) is 17.2 Å². The molecule has 0 N–H and O–H groups in total. The van der Waals surface area contributed by atoms with E-state index in [1.165, 1.54) is 10.6 Å². The zero-order valence-corrected chi connectivity index (χ0v) is 18.8. The summed E-state index contributed by atoms with van der Waals surface area (Å²) in [5.41, 5.74) is 1.83. The number of fused-ring (bicyclic) bond motifs is 2. The predicted octanol–water partition coefficient (Wildman–Crippen LogP) is 1.88. The number of ether oxygens (including phenoxy) is 3. The summed E-state index contributed by atoms with van der Waals surface area (Å²) in [6.45, 7) is 6.73. The zero-order valence-electron chi connectivity index (χ0n) is 18.8. The quantitative estimate of drug-likeness (QED) is 0.583. The summed E-state index contributed by atoms with van der Waals surface area (Å²) < 4.78 is 19.3. The third-order valence-electron chi connectivity index (χ3n) is 6.15. The van der Waals surface area contributed by atoms with E-state index in [9.17, 15) is 4.79 Å². The van der Waals surface area contributed by atoms with Crippen molar-refractivity contribution in [1.29, 1.82) is 0 Å². The Morgan fingerprint density at radius 3 is 2.59 bits per heavy atom. The Morgan fingerprint density at radius 1 is 1.06 bits per heavy atom. The van der Waals surface area contributed by atoms with E-state index in [4.69, 9.17) is 14.2 Å². The van der Waals surface area contributed by atoms with Gasteiger partial charge in [-0.15, -0.1) is 5.10 Å². The van der Waals surface area contributed by atoms with E-state index in [0.29, 0.717) is 24.6 Å². The monoisotopic (exact) mass is 434 g/mol. The van der Waals surface area contributed by atoms with Crippen LogP contribution in [0.5, 0.6) is 17.2 Å². The summed E-state index contributed by atoms with van der Waals surface area (Å²) in [7, 11) is 2.14. The number of hydrogen-bond donors (Lipinski definition) is 0. The van der Waals surface area contributed by atoms with Crippen molar-refractivity contribution in [2.75, 3.05) is 31.2 Å². The lowest BCUT2D eigenvalue weighted by molar-refractivity contribution is 0.126. The lowest BCUT2D eigenvalue weighted by atomic mass is 9.73. The molecule has 0 aliphatic carbocycles. The first-order valence-electron chi connectivity index (χ1n) is 11.1. The molecule has 0 bridgehead atoms. The maximum atomic E-state index is 12.4. The van der Waals surface area contributed by atoms with Gasteiger partial charge in [-0.2, -0.15) is 4.52 Å². The highest BCUT2D eigenvalue weighted by Crippen LogP contribution is 2.36.